The summed E-state index contributed by atoms with van der Waals surface area (Å²) in [5.41, 5.74) is 15.3. The van der Waals surface area contributed by atoms with Crippen molar-refractivity contribution in [1.82, 2.24) is 0 Å². The molecule has 0 bridgehead atoms. The van der Waals surface area contributed by atoms with E-state index in [1.54, 1.807) is 11.3 Å². The number of rotatable bonds is 7. The molecule has 1 aliphatic heterocycles. The Bertz CT molecular complexity index is 3010. The zero-order chi connectivity index (χ0) is 39.5. The van der Waals surface area contributed by atoms with Gasteiger partial charge in [0.1, 0.15) is 0 Å². The summed E-state index contributed by atoms with van der Waals surface area (Å²) < 4.78 is 13.3. The van der Waals surface area contributed by atoms with Crippen molar-refractivity contribution in [2.75, 3.05) is 4.90 Å². The SMILES string of the molecule is CC1(C)c2ccccc2-c2ccc(N(c3ccc(-c4sc(-c5ccccc5)c5c4Oc4ccccc4O5)cc3)c3ccc(-c4ccccc4)cc3-c3ccccc3)cc21. The summed E-state index contributed by atoms with van der Waals surface area (Å²) in [5.74, 6) is 2.95. The molecule has 0 amide bonds. The minimum Gasteiger partial charge on any atom is -0.448 e. The summed E-state index contributed by atoms with van der Waals surface area (Å²) in [4.78, 5) is 4.50. The average Bonchev–Trinajstić information content (AvgIpc) is 3.78. The topological polar surface area (TPSA) is 21.7 Å². The van der Waals surface area contributed by atoms with Crippen molar-refractivity contribution in [1.29, 1.82) is 0 Å². The number of nitrogens with zero attached hydrogens (tertiary/aromatic N) is 1. The highest BCUT2D eigenvalue weighted by Crippen LogP contribution is 2.59. The van der Waals surface area contributed by atoms with Gasteiger partial charge in [-0.15, -0.1) is 11.3 Å². The number of hydrogen-bond acceptors (Lipinski definition) is 4. The van der Waals surface area contributed by atoms with Crippen molar-refractivity contribution < 1.29 is 9.47 Å². The van der Waals surface area contributed by atoms with E-state index in [4.69, 9.17) is 9.47 Å². The summed E-state index contributed by atoms with van der Waals surface area (Å²) in [6.45, 7) is 4.69. The summed E-state index contributed by atoms with van der Waals surface area (Å²) in [6.07, 6.45) is 0. The van der Waals surface area contributed by atoms with Crippen molar-refractivity contribution in [3.63, 3.8) is 0 Å². The fraction of sp³-hybridized carbons (Fsp3) is 0.0545. The van der Waals surface area contributed by atoms with Gasteiger partial charge in [-0.2, -0.15) is 0 Å². The molecule has 8 aromatic carbocycles. The molecule has 9 aromatic rings. The van der Waals surface area contributed by atoms with E-state index in [9.17, 15) is 0 Å². The second kappa shape index (κ2) is 14.1. The Hall–Kier alpha value is -7.14. The molecule has 11 rings (SSSR count). The molecule has 4 heteroatoms. The average molecular weight is 778 g/mol. The molecule has 282 valence electrons. The number of para-hydroxylation sites is 2. The minimum atomic E-state index is -0.147. The Morgan fingerprint density at radius 3 is 1.56 bits per heavy atom. The number of anilines is 3. The van der Waals surface area contributed by atoms with Crippen molar-refractivity contribution >= 4 is 28.4 Å². The zero-order valence-electron chi connectivity index (χ0n) is 32.7. The largest absolute Gasteiger partial charge is 0.448 e. The van der Waals surface area contributed by atoms with Crippen LogP contribution in [0.25, 0.3) is 54.3 Å². The second-order valence-electron chi connectivity index (χ2n) is 15.7. The zero-order valence-corrected chi connectivity index (χ0v) is 33.5. The summed E-state index contributed by atoms with van der Waals surface area (Å²) in [7, 11) is 0. The maximum Gasteiger partial charge on any atom is 0.189 e. The van der Waals surface area contributed by atoms with Crippen LogP contribution in [-0.4, -0.2) is 0 Å². The van der Waals surface area contributed by atoms with Gasteiger partial charge in [-0.05, 0) is 98.6 Å². The van der Waals surface area contributed by atoms with Gasteiger partial charge in [-0.3, -0.25) is 0 Å². The van der Waals surface area contributed by atoms with Crippen LogP contribution in [0.1, 0.15) is 25.0 Å². The van der Waals surface area contributed by atoms with E-state index in [2.05, 4.69) is 189 Å². The van der Waals surface area contributed by atoms with Gasteiger partial charge in [0, 0.05) is 22.4 Å². The predicted octanol–water partition coefficient (Wildman–Crippen LogP) is 16.1. The number of hydrogen-bond donors (Lipinski definition) is 0. The van der Waals surface area contributed by atoms with E-state index >= 15 is 0 Å². The van der Waals surface area contributed by atoms with E-state index < -0.39 is 0 Å². The molecule has 0 saturated heterocycles. The first-order chi connectivity index (χ1) is 29.0. The quantitative estimate of drug-likeness (QED) is 0.161. The summed E-state index contributed by atoms with van der Waals surface area (Å²) in [5, 5.41) is 0. The molecule has 1 aromatic heterocycles. The van der Waals surface area contributed by atoms with Gasteiger partial charge in [0.05, 0.1) is 15.4 Å². The third kappa shape index (κ3) is 5.95. The summed E-state index contributed by atoms with van der Waals surface area (Å²) >= 11 is 1.70. The molecule has 1 aliphatic carbocycles. The molecule has 59 heavy (non-hydrogen) atoms. The fourth-order valence-corrected chi connectivity index (χ4v) is 9.97. The van der Waals surface area contributed by atoms with Crippen LogP contribution in [0.15, 0.2) is 200 Å². The summed E-state index contributed by atoms with van der Waals surface area (Å²) in [6, 6.07) is 71.4. The normalized spacial score (nSPS) is 13.0. The lowest BCUT2D eigenvalue weighted by atomic mass is 9.82. The lowest BCUT2D eigenvalue weighted by molar-refractivity contribution is 0.364. The van der Waals surface area contributed by atoms with Crippen LogP contribution in [-0.2, 0) is 5.41 Å². The van der Waals surface area contributed by atoms with E-state index in [-0.39, 0.29) is 5.41 Å². The van der Waals surface area contributed by atoms with Crippen LogP contribution < -0.4 is 14.4 Å². The van der Waals surface area contributed by atoms with Gasteiger partial charge in [0.2, 0.25) is 0 Å². The Labute approximate surface area is 349 Å². The van der Waals surface area contributed by atoms with Crippen LogP contribution in [0.3, 0.4) is 0 Å². The molecule has 0 atom stereocenters. The Balaban J connectivity index is 1.08. The van der Waals surface area contributed by atoms with Gasteiger partial charge in [-0.25, -0.2) is 0 Å². The van der Waals surface area contributed by atoms with E-state index in [0.29, 0.717) is 0 Å². The predicted molar refractivity (Wildman–Crippen MR) is 245 cm³/mol. The molecular weight excluding hydrogens is 739 g/mol. The van der Waals surface area contributed by atoms with Crippen molar-refractivity contribution in [2.24, 2.45) is 0 Å². The number of ether oxygens (including phenoxy) is 2. The van der Waals surface area contributed by atoms with Gasteiger partial charge in [-0.1, -0.05) is 166 Å². The first-order valence-corrected chi connectivity index (χ1v) is 20.9. The lowest BCUT2D eigenvalue weighted by Gasteiger charge is -2.30. The molecule has 0 unspecified atom stereocenters. The van der Waals surface area contributed by atoms with Gasteiger partial charge >= 0.3 is 0 Å². The smallest absolute Gasteiger partial charge is 0.189 e. The van der Waals surface area contributed by atoms with Crippen LogP contribution in [0, 0.1) is 0 Å². The van der Waals surface area contributed by atoms with Crippen LogP contribution in [0.5, 0.6) is 23.0 Å². The number of benzene rings is 8. The van der Waals surface area contributed by atoms with E-state index in [1.165, 1.54) is 33.4 Å². The molecule has 3 nitrogen and oxygen atoms in total. The van der Waals surface area contributed by atoms with Gasteiger partial charge in [0.25, 0.3) is 0 Å². The van der Waals surface area contributed by atoms with Crippen LogP contribution >= 0.6 is 11.3 Å². The highest BCUT2D eigenvalue weighted by Gasteiger charge is 2.36. The lowest BCUT2D eigenvalue weighted by Crippen LogP contribution is -2.17. The van der Waals surface area contributed by atoms with Gasteiger partial charge in [0.15, 0.2) is 23.0 Å². The molecule has 0 fully saturated rings. The number of thiophene rings is 1. The number of fused-ring (bicyclic) bond motifs is 5. The minimum absolute atomic E-state index is 0.147. The van der Waals surface area contributed by atoms with E-state index in [0.717, 1.165) is 72.1 Å². The standard InChI is InChI=1S/C55H39NO2S/c1-55(2)46-23-13-12-22-43(46)44-32-31-42(35-47(44)55)56(48-33-28-40(36-16-6-3-7-17-36)34-45(48)37-18-8-4-9-19-37)41-29-26-39(27-30-41)54-52-51(53(59-54)38-20-10-5-11-21-38)57-49-24-14-15-25-50(49)58-52/h3-35H,1-2H3. The molecule has 2 heterocycles. The first-order valence-electron chi connectivity index (χ1n) is 20.1. The molecule has 2 aliphatic rings. The van der Waals surface area contributed by atoms with Crippen molar-refractivity contribution in [3.8, 4) is 77.3 Å². The molecule has 0 N–H and O–H groups in total. The molecule has 0 saturated carbocycles. The first kappa shape index (κ1) is 35.1. The Morgan fingerprint density at radius 1 is 0.390 bits per heavy atom. The monoisotopic (exact) mass is 777 g/mol. The molecule has 0 radical (unpaired) electrons. The maximum absolute atomic E-state index is 6.66. The van der Waals surface area contributed by atoms with Gasteiger partial charge < -0.3 is 14.4 Å². The third-order valence-electron chi connectivity index (χ3n) is 11.8. The fourth-order valence-electron chi connectivity index (χ4n) is 8.81. The highest BCUT2D eigenvalue weighted by atomic mass is 32.1. The Kier molecular flexibility index (Phi) is 8.35. The third-order valence-corrected chi connectivity index (χ3v) is 13.0. The molecule has 0 spiro atoms. The van der Waals surface area contributed by atoms with Crippen molar-refractivity contribution in [2.45, 2.75) is 19.3 Å². The second-order valence-corrected chi connectivity index (χ2v) is 16.7. The maximum atomic E-state index is 6.66. The highest BCUT2D eigenvalue weighted by molar-refractivity contribution is 7.19. The van der Waals surface area contributed by atoms with Crippen LogP contribution in [0.2, 0.25) is 0 Å². The molecular formula is C55H39NO2S. The van der Waals surface area contributed by atoms with E-state index in [1.807, 2.05) is 30.3 Å². The van der Waals surface area contributed by atoms with Crippen molar-refractivity contribution in [3.05, 3.63) is 211 Å². The Morgan fingerprint density at radius 2 is 0.898 bits per heavy atom. The van der Waals surface area contributed by atoms with Crippen LogP contribution in [0.4, 0.5) is 17.1 Å².